The van der Waals surface area contributed by atoms with Crippen LogP contribution < -0.4 is 0 Å². The summed E-state index contributed by atoms with van der Waals surface area (Å²) in [6.07, 6.45) is 1.28. The lowest BCUT2D eigenvalue weighted by Crippen LogP contribution is -2.01. The van der Waals surface area contributed by atoms with Gasteiger partial charge in [0.1, 0.15) is 0 Å². The number of hydrogen-bond acceptors (Lipinski definition) is 4. The summed E-state index contributed by atoms with van der Waals surface area (Å²) in [5.74, 6) is -1.45. The van der Waals surface area contributed by atoms with E-state index in [0.717, 1.165) is 5.56 Å². The third-order valence-corrected chi connectivity index (χ3v) is 2.59. The number of ether oxygens (including phenoxy) is 1. The van der Waals surface area contributed by atoms with Crippen molar-refractivity contribution < 1.29 is 19.4 Å². The largest absolute Gasteiger partial charge is 0.478 e. The van der Waals surface area contributed by atoms with Gasteiger partial charge in [-0.05, 0) is 24.3 Å². The molecule has 0 atom stereocenters. The molecule has 96 valence electrons. The molecule has 0 amide bonds. The zero-order chi connectivity index (χ0) is 13.8. The molecule has 0 saturated heterocycles. The molecule has 1 aromatic heterocycles. The van der Waals surface area contributed by atoms with Crippen LogP contribution in [0.5, 0.6) is 0 Å². The maximum absolute atomic E-state index is 11.4. The number of carbonyl (C=O) groups excluding carboxylic acids is 1. The van der Waals surface area contributed by atoms with Crippen molar-refractivity contribution in [1.29, 1.82) is 0 Å². The van der Waals surface area contributed by atoms with Gasteiger partial charge in [0.2, 0.25) is 0 Å². The standard InChI is InChI=1S/C14H11NO4/c1-19-14(18)10-4-2-3-9(7-10)12-6-5-11(8-15-12)13(16)17/h2-8H,1H3,(H,16,17). The Morgan fingerprint density at radius 1 is 1.16 bits per heavy atom. The third kappa shape index (κ3) is 2.77. The molecule has 0 aliphatic heterocycles. The van der Waals surface area contributed by atoms with E-state index >= 15 is 0 Å². The summed E-state index contributed by atoms with van der Waals surface area (Å²) in [7, 11) is 1.31. The number of esters is 1. The predicted molar refractivity (Wildman–Crippen MR) is 68.0 cm³/mol. The van der Waals surface area contributed by atoms with Crippen molar-refractivity contribution in [3.63, 3.8) is 0 Å². The average Bonchev–Trinajstić information content (AvgIpc) is 2.46. The monoisotopic (exact) mass is 257 g/mol. The molecule has 0 unspecified atom stereocenters. The number of benzene rings is 1. The summed E-state index contributed by atoms with van der Waals surface area (Å²) in [6, 6.07) is 9.86. The molecule has 5 nitrogen and oxygen atoms in total. The summed E-state index contributed by atoms with van der Waals surface area (Å²) in [4.78, 5) is 26.2. The molecule has 1 heterocycles. The van der Waals surface area contributed by atoms with E-state index in [0.29, 0.717) is 11.3 Å². The lowest BCUT2D eigenvalue weighted by atomic mass is 10.1. The van der Waals surface area contributed by atoms with Crippen molar-refractivity contribution >= 4 is 11.9 Å². The minimum atomic E-state index is -1.03. The fraction of sp³-hybridized carbons (Fsp3) is 0.0714. The van der Waals surface area contributed by atoms with Gasteiger partial charge in [0, 0.05) is 11.8 Å². The van der Waals surface area contributed by atoms with Gasteiger partial charge < -0.3 is 9.84 Å². The van der Waals surface area contributed by atoms with Gasteiger partial charge >= 0.3 is 11.9 Å². The second-order valence-electron chi connectivity index (χ2n) is 3.81. The number of carbonyl (C=O) groups is 2. The van der Waals surface area contributed by atoms with Crippen molar-refractivity contribution in [2.45, 2.75) is 0 Å². The number of pyridine rings is 1. The number of rotatable bonds is 3. The number of carboxylic acid groups (broad SMARTS) is 1. The van der Waals surface area contributed by atoms with Crippen molar-refractivity contribution in [3.8, 4) is 11.3 Å². The van der Waals surface area contributed by atoms with Gasteiger partial charge in [-0.1, -0.05) is 12.1 Å². The zero-order valence-corrected chi connectivity index (χ0v) is 10.2. The molecular formula is C14H11NO4. The number of aromatic carboxylic acids is 1. The maximum Gasteiger partial charge on any atom is 0.337 e. The summed E-state index contributed by atoms with van der Waals surface area (Å²) in [5.41, 5.74) is 1.85. The molecule has 2 aromatic rings. The lowest BCUT2D eigenvalue weighted by molar-refractivity contribution is 0.0600. The Balaban J connectivity index is 2.36. The molecule has 0 fully saturated rings. The van der Waals surface area contributed by atoms with Crippen LogP contribution in [0.2, 0.25) is 0 Å². The quantitative estimate of drug-likeness (QED) is 0.853. The number of nitrogens with zero attached hydrogens (tertiary/aromatic N) is 1. The van der Waals surface area contributed by atoms with E-state index in [2.05, 4.69) is 9.72 Å². The van der Waals surface area contributed by atoms with Crippen LogP contribution in [0.25, 0.3) is 11.3 Å². The molecule has 0 spiro atoms. The molecule has 0 aliphatic carbocycles. The van der Waals surface area contributed by atoms with Crippen LogP contribution in [-0.2, 0) is 4.74 Å². The summed E-state index contributed by atoms with van der Waals surface area (Å²) in [5, 5.41) is 8.79. The van der Waals surface area contributed by atoms with Crippen LogP contribution in [0.4, 0.5) is 0 Å². The van der Waals surface area contributed by atoms with E-state index in [9.17, 15) is 9.59 Å². The first-order valence-corrected chi connectivity index (χ1v) is 5.50. The van der Waals surface area contributed by atoms with Crippen LogP contribution >= 0.6 is 0 Å². The summed E-state index contributed by atoms with van der Waals surface area (Å²) >= 11 is 0. The van der Waals surface area contributed by atoms with Crippen molar-refractivity contribution in [2.24, 2.45) is 0 Å². The van der Waals surface area contributed by atoms with Gasteiger partial charge in [-0.2, -0.15) is 0 Å². The molecule has 1 aromatic carbocycles. The molecule has 0 saturated carbocycles. The van der Waals surface area contributed by atoms with Gasteiger partial charge in [-0.15, -0.1) is 0 Å². The molecule has 0 radical (unpaired) electrons. The first-order chi connectivity index (χ1) is 9.11. The number of methoxy groups -OCH3 is 1. The van der Waals surface area contributed by atoms with Crippen LogP contribution in [0, 0.1) is 0 Å². The van der Waals surface area contributed by atoms with Crippen molar-refractivity contribution in [2.75, 3.05) is 7.11 Å². The van der Waals surface area contributed by atoms with E-state index in [-0.39, 0.29) is 5.56 Å². The first-order valence-electron chi connectivity index (χ1n) is 5.50. The van der Waals surface area contributed by atoms with Gasteiger partial charge in [0.25, 0.3) is 0 Å². The second kappa shape index (κ2) is 5.30. The molecule has 0 bridgehead atoms. The molecule has 2 rings (SSSR count). The Labute approximate surface area is 109 Å². The van der Waals surface area contributed by atoms with Gasteiger partial charge in [0.15, 0.2) is 0 Å². The Morgan fingerprint density at radius 2 is 1.95 bits per heavy atom. The minimum Gasteiger partial charge on any atom is -0.478 e. The Bertz CT molecular complexity index is 620. The van der Waals surface area contributed by atoms with Crippen LogP contribution in [-0.4, -0.2) is 29.1 Å². The highest BCUT2D eigenvalue weighted by atomic mass is 16.5. The van der Waals surface area contributed by atoms with Gasteiger partial charge in [-0.3, -0.25) is 4.98 Å². The topological polar surface area (TPSA) is 76.5 Å². The Kier molecular flexibility index (Phi) is 3.56. The normalized spacial score (nSPS) is 9.95. The van der Waals surface area contributed by atoms with E-state index < -0.39 is 11.9 Å². The molecule has 1 N–H and O–H groups in total. The van der Waals surface area contributed by atoms with E-state index in [4.69, 9.17) is 5.11 Å². The maximum atomic E-state index is 11.4. The van der Waals surface area contributed by atoms with Crippen LogP contribution in [0.15, 0.2) is 42.6 Å². The fourth-order valence-corrected chi connectivity index (χ4v) is 1.61. The SMILES string of the molecule is COC(=O)c1cccc(-c2ccc(C(=O)O)cn2)c1. The molecular weight excluding hydrogens is 246 g/mol. The average molecular weight is 257 g/mol. The molecule has 5 heteroatoms. The third-order valence-electron chi connectivity index (χ3n) is 2.59. The number of carboxylic acids is 1. The number of aromatic nitrogens is 1. The summed E-state index contributed by atoms with van der Waals surface area (Å²) in [6.45, 7) is 0. The predicted octanol–water partition coefficient (Wildman–Crippen LogP) is 2.23. The van der Waals surface area contributed by atoms with Crippen molar-refractivity contribution in [3.05, 3.63) is 53.7 Å². The minimum absolute atomic E-state index is 0.118. The van der Waals surface area contributed by atoms with Crippen LogP contribution in [0.3, 0.4) is 0 Å². The Hall–Kier alpha value is -2.69. The van der Waals surface area contributed by atoms with Crippen molar-refractivity contribution in [1.82, 2.24) is 4.98 Å². The first kappa shape index (κ1) is 12.8. The van der Waals surface area contributed by atoms with E-state index in [1.54, 1.807) is 30.3 Å². The summed E-state index contributed by atoms with van der Waals surface area (Å²) < 4.78 is 4.64. The second-order valence-corrected chi connectivity index (χ2v) is 3.81. The highest BCUT2D eigenvalue weighted by molar-refractivity contribution is 5.91. The highest BCUT2D eigenvalue weighted by Gasteiger charge is 2.08. The molecule has 19 heavy (non-hydrogen) atoms. The smallest absolute Gasteiger partial charge is 0.337 e. The lowest BCUT2D eigenvalue weighted by Gasteiger charge is -2.04. The molecule has 0 aliphatic rings. The van der Waals surface area contributed by atoms with Gasteiger partial charge in [-0.25, -0.2) is 9.59 Å². The van der Waals surface area contributed by atoms with E-state index in [1.165, 1.54) is 19.4 Å². The Morgan fingerprint density at radius 3 is 2.53 bits per heavy atom. The highest BCUT2D eigenvalue weighted by Crippen LogP contribution is 2.19. The van der Waals surface area contributed by atoms with Crippen LogP contribution in [0.1, 0.15) is 20.7 Å². The van der Waals surface area contributed by atoms with Gasteiger partial charge in [0.05, 0.1) is 23.9 Å². The zero-order valence-electron chi connectivity index (χ0n) is 10.2. The van der Waals surface area contributed by atoms with E-state index in [1.807, 2.05) is 0 Å². The number of hydrogen-bond donors (Lipinski definition) is 1. The fourth-order valence-electron chi connectivity index (χ4n) is 1.61.